The zero-order valence-electron chi connectivity index (χ0n) is 15.1. The third-order valence-corrected chi connectivity index (χ3v) is 5.74. The van der Waals surface area contributed by atoms with Gasteiger partial charge in [0.2, 0.25) is 0 Å². The third kappa shape index (κ3) is 3.16. The predicted molar refractivity (Wildman–Crippen MR) is 99.1 cm³/mol. The maximum atomic E-state index is 13.4. The molecule has 3 aromatic rings. The van der Waals surface area contributed by atoms with E-state index in [1.54, 1.807) is 21.2 Å². The van der Waals surface area contributed by atoms with Gasteiger partial charge in [0.1, 0.15) is 11.5 Å². The molecule has 2 aliphatic rings. The molecule has 1 saturated heterocycles. The smallest absolute Gasteiger partial charge is 0.267 e. The van der Waals surface area contributed by atoms with Gasteiger partial charge in [0.15, 0.2) is 0 Å². The molecule has 1 fully saturated rings. The van der Waals surface area contributed by atoms with Crippen molar-refractivity contribution in [1.82, 2.24) is 24.1 Å². The van der Waals surface area contributed by atoms with Gasteiger partial charge in [-0.05, 0) is 56.3 Å². The number of imidazole rings is 1. The van der Waals surface area contributed by atoms with Gasteiger partial charge in [0.25, 0.3) is 5.56 Å². The van der Waals surface area contributed by atoms with Crippen molar-refractivity contribution in [3.05, 3.63) is 63.7 Å². The van der Waals surface area contributed by atoms with Crippen molar-refractivity contribution in [3.63, 3.8) is 0 Å². The van der Waals surface area contributed by atoms with E-state index in [1.807, 2.05) is 6.20 Å². The molecule has 1 aliphatic carbocycles. The molecule has 140 valence electrons. The molecule has 0 amide bonds. The van der Waals surface area contributed by atoms with E-state index in [-0.39, 0.29) is 17.4 Å². The topological polar surface area (TPSA) is 55.4 Å². The second kappa shape index (κ2) is 6.56. The fraction of sp³-hybridized carbons (Fsp3) is 0.450. The van der Waals surface area contributed by atoms with Gasteiger partial charge in [-0.25, -0.2) is 14.1 Å². The molecule has 1 atom stereocenters. The fourth-order valence-electron chi connectivity index (χ4n) is 4.38. The molecule has 1 unspecified atom stereocenters. The highest BCUT2D eigenvalue weighted by atomic mass is 19.1. The van der Waals surface area contributed by atoms with Crippen LogP contribution >= 0.6 is 0 Å². The average Bonchev–Trinajstić information content (AvgIpc) is 3.35. The van der Waals surface area contributed by atoms with Crippen molar-refractivity contribution in [2.45, 2.75) is 51.2 Å². The van der Waals surface area contributed by atoms with Gasteiger partial charge in [0.05, 0.1) is 17.9 Å². The van der Waals surface area contributed by atoms with E-state index in [0.29, 0.717) is 13.1 Å². The fourth-order valence-corrected chi connectivity index (χ4v) is 4.38. The molecule has 0 radical (unpaired) electrons. The monoisotopic (exact) mass is 367 g/mol. The van der Waals surface area contributed by atoms with Crippen LogP contribution in [0.4, 0.5) is 4.39 Å². The first-order valence-electron chi connectivity index (χ1n) is 9.63. The highest BCUT2D eigenvalue weighted by molar-refractivity contribution is 5.39. The van der Waals surface area contributed by atoms with Crippen LogP contribution in [0.25, 0.3) is 5.65 Å². The number of aryl methyl sites for hydroxylation is 2. The Hall–Kier alpha value is -2.54. The minimum absolute atomic E-state index is 0.00528. The normalized spacial score (nSPS) is 19.8. The number of likely N-dealkylation sites (tertiary alicyclic amines) is 1. The summed E-state index contributed by atoms with van der Waals surface area (Å²) in [6.45, 7) is 2.30. The Bertz CT molecular complexity index is 1060. The first kappa shape index (κ1) is 16.6. The van der Waals surface area contributed by atoms with Crippen molar-refractivity contribution in [1.29, 1.82) is 0 Å². The Kier molecular flexibility index (Phi) is 4.04. The maximum absolute atomic E-state index is 13.4. The van der Waals surface area contributed by atoms with E-state index in [4.69, 9.17) is 0 Å². The Morgan fingerprint density at radius 1 is 1.19 bits per heavy atom. The number of hydrogen-bond acceptors (Lipinski definition) is 4. The Balaban J connectivity index is 1.35. The molecular formula is C20H22FN5O. The number of halogens is 1. The first-order valence-corrected chi connectivity index (χ1v) is 9.63. The van der Waals surface area contributed by atoms with Crippen LogP contribution < -0.4 is 5.56 Å². The number of hydrogen-bond donors (Lipinski definition) is 0. The number of nitrogens with zero attached hydrogens (tertiary/aromatic N) is 5. The highest BCUT2D eigenvalue weighted by Crippen LogP contribution is 2.22. The van der Waals surface area contributed by atoms with Crippen LogP contribution in [0.15, 0.2) is 35.4 Å². The molecule has 6 nitrogen and oxygen atoms in total. The number of rotatable bonds is 4. The molecule has 3 aromatic heterocycles. The Morgan fingerprint density at radius 2 is 2.11 bits per heavy atom. The number of fused-ring (bicyclic) bond motifs is 2. The lowest BCUT2D eigenvalue weighted by Crippen LogP contribution is -2.37. The molecule has 0 aromatic carbocycles. The average molecular weight is 367 g/mol. The molecule has 7 heteroatoms. The van der Waals surface area contributed by atoms with E-state index in [0.717, 1.165) is 61.2 Å². The van der Waals surface area contributed by atoms with E-state index >= 15 is 0 Å². The van der Waals surface area contributed by atoms with Gasteiger partial charge in [-0.2, -0.15) is 5.10 Å². The van der Waals surface area contributed by atoms with Gasteiger partial charge in [0, 0.05) is 31.0 Å². The SMILES string of the molecule is O=c1cc2c(nn1CC1CCCN1Cc1cn3cc(F)ccc3n1)CCC2. The van der Waals surface area contributed by atoms with Crippen molar-refractivity contribution < 1.29 is 4.39 Å². The minimum Gasteiger partial charge on any atom is -0.304 e. The summed E-state index contributed by atoms with van der Waals surface area (Å²) in [6, 6.07) is 5.16. The highest BCUT2D eigenvalue weighted by Gasteiger charge is 2.27. The van der Waals surface area contributed by atoms with Crippen LogP contribution in [-0.2, 0) is 25.9 Å². The summed E-state index contributed by atoms with van der Waals surface area (Å²) < 4.78 is 16.8. The van der Waals surface area contributed by atoms with E-state index in [1.165, 1.54) is 12.3 Å². The lowest BCUT2D eigenvalue weighted by molar-refractivity contribution is 0.214. The van der Waals surface area contributed by atoms with Gasteiger partial charge in [-0.15, -0.1) is 0 Å². The molecule has 27 heavy (non-hydrogen) atoms. The molecule has 1 aliphatic heterocycles. The largest absolute Gasteiger partial charge is 0.304 e. The summed E-state index contributed by atoms with van der Waals surface area (Å²) >= 11 is 0. The Morgan fingerprint density at radius 3 is 3.04 bits per heavy atom. The minimum atomic E-state index is -0.271. The van der Waals surface area contributed by atoms with Crippen LogP contribution in [-0.4, -0.2) is 36.7 Å². The van der Waals surface area contributed by atoms with Crippen molar-refractivity contribution in [2.75, 3.05) is 6.54 Å². The number of aromatic nitrogens is 4. The van der Waals surface area contributed by atoms with Crippen molar-refractivity contribution in [2.24, 2.45) is 0 Å². The second-order valence-corrected chi connectivity index (χ2v) is 7.60. The standard InChI is InChI=1S/C20H22FN5O/c21-15-6-7-19-22-16(12-25(19)10-15)11-24-8-2-4-17(24)13-26-20(27)9-14-3-1-5-18(14)23-26/h6-7,9-10,12,17H,1-5,8,11,13H2. The van der Waals surface area contributed by atoms with Gasteiger partial charge in [-0.3, -0.25) is 9.69 Å². The zero-order valence-corrected chi connectivity index (χ0v) is 15.1. The van der Waals surface area contributed by atoms with E-state index in [9.17, 15) is 9.18 Å². The lowest BCUT2D eigenvalue weighted by atomic mass is 10.2. The molecular weight excluding hydrogens is 345 g/mol. The zero-order chi connectivity index (χ0) is 18.4. The van der Waals surface area contributed by atoms with Gasteiger partial charge in [-0.1, -0.05) is 0 Å². The third-order valence-electron chi connectivity index (χ3n) is 5.74. The molecule has 0 N–H and O–H groups in total. The van der Waals surface area contributed by atoms with E-state index < -0.39 is 0 Å². The maximum Gasteiger partial charge on any atom is 0.267 e. The number of pyridine rings is 1. The first-order chi connectivity index (χ1) is 13.2. The van der Waals surface area contributed by atoms with Crippen LogP contribution in [0.2, 0.25) is 0 Å². The quantitative estimate of drug-likeness (QED) is 0.709. The van der Waals surface area contributed by atoms with E-state index in [2.05, 4.69) is 15.0 Å². The van der Waals surface area contributed by atoms with Crippen molar-refractivity contribution >= 4 is 5.65 Å². The molecule has 0 spiro atoms. The molecule has 4 heterocycles. The molecule has 0 saturated carbocycles. The summed E-state index contributed by atoms with van der Waals surface area (Å²) in [7, 11) is 0. The summed E-state index contributed by atoms with van der Waals surface area (Å²) in [5, 5.41) is 4.62. The molecule has 5 rings (SSSR count). The lowest BCUT2D eigenvalue weighted by Gasteiger charge is -2.24. The second-order valence-electron chi connectivity index (χ2n) is 7.60. The summed E-state index contributed by atoms with van der Waals surface area (Å²) in [4.78, 5) is 19.4. The van der Waals surface area contributed by atoms with Gasteiger partial charge >= 0.3 is 0 Å². The van der Waals surface area contributed by atoms with Crippen LogP contribution in [0.3, 0.4) is 0 Å². The summed E-state index contributed by atoms with van der Waals surface area (Å²) in [5.74, 6) is -0.271. The summed E-state index contributed by atoms with van der Waals surface area (Å²) in [5.41, 5.74) is 3.88. The van der Waals surface area contributed by atoms with Crippen LogP contribution in [0.1, 0.15) is 36.2 Å². The van der Waals surface area contributed by atoms with Crippen LogP contribution in [0, 0.1) is 5.82 Å². The van der Waals surface area contributed by atoms with Crippen LogP contribution in [0.5, 0.6) is 0 Å². The summed E-state index contributed by atoms with van der Waals surface area (Å²) in [6.07, 6.45) is 8.52. The Labute approximate surface area is 156 Å². The molecule has 0 bridgehead atoms. The van der Waals surface area contributed by atoms with Crippen molar-refractivity contribution in [3.8, 4) is 0 Å². The predicted octanol–water partition coefficient (Wildman–Crippen LogP) is 2.18. The van der Waals surface area contributed by atoms with Gasteiger partial charge < -0.3 is 4.40 Å².